The average Bonchev–Trinajstić information content (AvgIpc) is 2.56. The van der Waals surface area contributed by atoms with Crippen LogP contribution in [0.25, 0.3) is 0 Å². The second kappa shape index (κ2) is 8.06. The van der Waals surface area contributed by atoms with Gasteiger partial charge in [0.05, 0.1) is 4.92 Å². The van der Waals surface area contributed by atoms with Crippen LogP contribution in [0.1, 0.15) is 0 Å². The summed E-state index contributed by atoms with van der Waals surface area (Å²) in [5.74, 6) is -1.56. The van der Waals surface area contributed by atoms with Crippen LogP contribution in [0.5, 0.6) is 0 Å². The minimum absolute atomic E-state index is 0.0743. The molecule has 0 saturated carbocycles. The number of nitrogens with one attached hydrogen (secondary N) is 1. The smallest absolute Gasteiger partial charge is 0.326 e. The number of carbonyl (C=O) groups excluding carboxylic acids is 2. The van der Waals surface area contributed by atoms with Gasteiger partial charge in [-0.3, -0.25) is 24.5 Å². The number of halogens is 1. The van der Waals surface area contributed by atoms with E-state index < -0.39 is 23.4 Å². The Balaban J connectivity index is 1.93. The van der Waals surface area contributed by atoms with Crippen molar-refractivity contribution in [2.75, 3.05) is 11.9 Å². The number of rotatable bonds is 6. The summed E-state index contributed by atoms with van der Waals surface area (Å²) in [6, 6.07) is 8.10. The number of anilines is 1. The fraction of sp³-hybridized carbons (Fsp3) is 0.133. The summed E-state index contributed by atoms with van der Waals surface area (Å²) in [5, 5.41) is 13.3. The Labute approximate surface area is 145 Å². The lowest BCUT2D eigenvalue weighted by Crippen LogP contribution is -2.27. The van der Waals surface area contributed by atoms with E-state index in [0.29, 0.717) is 0 Å². The number of amides is 1. The second-order valence-electron chi connectivity index (χ2n) is 4.79. The minimum Gasteiger partial charge on any atom is -0.454 e. The van der Waals surface area contributed by atoms with Crippen molar-refractivity contribution in [3.8, 4) is 0 Å². The molecule has 0 unspecified atom stereocenters. The zero-order chi connectivity index (χ0) is 18.4. The van der Waals surface area contributed by atoms with Crippen molar-refractivity contribution >= 4 is 34.9 Å². The molecular formula is C15H12ClN3O6. The van der Waals surface area contributed by atoms with Crippen LogP contribution in [0.3, 0.4) is 0 Å². The van der Waals surface area contributed by atoms with Crippen LogP contribution in [0.4, 0.5) is 11.4 Å². The molecule has 0 saturated heterocycles. The van der Waals surface area contributed by atoms with Crippen LogP contribution < -0.4 is 10.9 Å². The van der Waals surface area contributed by atoms with Crippen LogP contribution in [-0.4, -0.2) is 28.0 Å². The second-order valence-corrected chi connectivity index (χ2v) is 5.23. The van der Waals surface area contributed by atoms with Gasteiger partial charge in [-0.2, -0.15) is 0 Å². The number of esters is 1. The summed E-state index contributed by atoms with van der Waals surface area (Å²) in [5.41, 5.74) is -0.849. The van der Waals surface area contributed by atoms with Gasteiger partial charge in [0.25, 0.3) is 17.2 Å². The highest BCUT2D eigenvalue weighted by Crippen LogP contribution is 2.27. The molecular weight excluding hydrogens is 354 g/mol. The van der Waals surface area contributed by atoms with Crippen molar-refractivity contribution in [3.63, 3.8) is 0 Å². The number of hydrogen-bond acceptors (Lipinski definition) is 6. The van der Waals surface area contributed by atoms with Gasteiger partial charge in [0, 0.05) is 23.4 Å². The largest absolute Gasteiger partial charge is 0.454 e. The first-order chi connectivity index (χ1) is 11.9. The average molecular weight is 366 g/mol. The number of ether oxygens (including phenoxy) is 1. The van der Waals surface area contributed by atoms with E-state index in [-0.39, 0.29) is 28.5 Å². The SMILES string of the molecule is O=C(COC(=O)Cn1ccccc1=O)Nc1ccc(Cl)cc1[N+](=O)[O-]. The lowest BCUT2D eigenvalue weighted by molar-refractivity contribution is -0.383. The highest BCUT2D eigenvalue weighted by Gasteiger charge is 2.17. The van der Waals surface area contributed by atoms with E-state index in [1.807, 2.05) is 0 Å². The Morgan fingerprint density at radius 3 is 2.72 bits per heavy atom. The van der Waals surface area contributed by atoms with Crippen LogP contribution in [0.2, 0.25) is 5.02 Å². The number of hydrogen-bond donors (Lipinski definition) is 1. The lowest BCUT2D eigenvalue weighted by atomic mass is 10.2. The molecule has 1 N–H and O–H groups in total. The zero-order valence-electron chi connectivity index (χ0n) is 12.7. The molecule has 0 aliphatic heterocycles. The predicted octanol–water partition coefficient (Wildman–Crippen LogP) is 1.59. The monoisotopic (exact) mass is 365 g/mol. The molecule has 0 atom stereocenters. The lowest BCUT2D eigenvalue weighted by Gasteiger charge is -2.08. The minimum atomic E-state index is -0.797. The Morgan fingerprint density at radius 2 is 2.04 bits per heavy atom. The molecule has 0 aliphatic carbocycles. The van der Waals surface area contributed by atoms with Crippen molar-refractivity contribution in [3.05, 3.63) is 68.1 Å². The van der Waals surface area contributed by atoms with Gasteiger partial charge in [-0.15, -0.1) is 0 Å². The molecule has 0 radical (unpaired) electrons. The van der Waals surface area contributed by atoms with Crippen LogP contribution >= 0.6 is 11.6 Å². The normalized spacial score (nSPS) is 10.1. The molecule has 1 aromatic heterocycles. The molecule has 10 heteroatoms. The molecule has 0 spiro atoms. The highest BCUT2D eigenvalue weighted by molar-refractivity contribution is 6.31. The Morgan fingerprint density at radius 1 is 1.28 bits per heavy atom. The number of nitro benzene ring substituents is 1. The van der Waals surface area contributed by atoms with Crippen molar-refractivity contribution in [1.29, 1.82) is 0 Å². The molecule has 9 nitrogen and oxygen atoms in total. The van der Waals surface area contributed by atoms with Crippen molar-refractivity contribution in [2.24, 2.45) is 0 Å². The van der Waals surface area contributed by atoms with E-state index in [1.54, 1.807) is 6.07 Å². The van der Waals surface area contributed by atoms with Crippen LogP contribution in [0, 0.1) is 10.1 Å². The third-order valence-electron chi connectivity index (χ3n) is 2.99. The van der Waals surface area contributed by atoms with E-state index >= 15 is 0 Å². The number of nitro groups is 1. The van der Waals surface area contributed by atoms with Gasteiger partial charge < -0.3 is 14.6 Å². The molecule has 2 aromatic rings. The van der Waals surface area contributed by atoms with E-state index in [1.165, 1.54) is 30.5 Å². The van der Waals surface area contributed by atoms with Crippen molar-refractivity contribution in [1.82, 2.24) is 4.57 Å². The maximum Gasteiger partial charge on any atom is 0.326 e. The first kappa shape index (κ1) is 18.1. The first-order valence-electron chi connectivity index (χ1n) is 6.91. The fourth-order valence-corrected chi connectivity index (χ4v) is 2.04. The molecule has 1 amide bonds. The Hall–Kier alpha value is -3.20. The Bertz CT molecular complexity index is 880. The maximum atomic E-state index is 11.8. The fourth-order valence-electron chi connectivity index (χ4n) is 1.87. The van der Waals surface area contributed by atoms with E-state index in [4.69, 9.17) is 16.3 Å². The predicted molar refractivity (Wildman–Crippen MR) is 88.4 cm³/mol. The van der Waals surface area contributed by atoms with Gasteiger partial charge in [0.15, 0.2) is 6.61 Å². The molecule has 1 aromatic carbocycles. The molecule has 2 rings (SSSR count). The topological polar surface area (TPSA) is 121 Å². The van der Waals surface area contributed by atoms with E-state index in [2.05, 4.69) is 5.32 Å². The molecule has 1 heterocycles. The summed E-state index contributed by atoms with van der Waals surface area (Å²) < 4.78 is 5.87. The number of pyridine rings is 1. The third-order valence-corrected chi connectivity index (χ3v) is 3.23. The summed E-state index contributed by atoms with van der Waals surface area (Å²) in [6.07, 6.45) is 1.40. The molecule has 130 valence electrons. The van der Waals surface area contributed by atoms with Crippen LogP contribution in [-0.2, 0) is 20.9 Å². The summed E-state index contributed by atoms with van der Waals surface area (Å²) in [4.78, 5) is 45.1. The molecule has 0 aliphatic rings. The third kappa shape index (κ3) is 5.15. The van der Waals surface area contributed by atoms with E-state index in [0.717, 1.165) is 10.6 Å². The van der Waals surface area contributed by atoms with Crippen molar-refractivity contribution < 1.29 is 19.2 Å². The maximum absolute atomic E-state index is 11.8. The van der Waals surface area contributed by atoms with Crippen LogP contribution in [0.15, 0.2) is 47.4 Å². The number of nitrogens with zero attached hydrogens (tertiary/aromatic N) is 2. The first-order valence-corrected chi connectivity index (χ1v) is 7.29. The zero-order valence-corrected chi connectivity index (χ0v) is 13.4. The summed E-state index contributed by atoms with van der Waals surface area (Å²) in [7, 11) is 0. The Kier molecular flexibility index (Phi) is 5.85. The van der Waals surface area contributed by atoms with Crippen molar-refractivity contribution in [2.45, 2.75) is 6.54 Å². The van der Waals surface area contributed by atoms with Gasteiger partial charge in [-0.1, -0.05) is 17.7 Å². The number of carbonyl (C=O) groups is 2. The summed E-state index contributed by atoms with van der Waals surface area (Å²) in [6.45, 7) is -1.01. The van der Waals surface area contributed by atoms with Gasteiger partial charge >= 0.3 is 5.97 Å². The molecule has 0 fully saturated rings. The standard InChI is InChI=1S/C15H12ClN3O6/c16-10-4-5-11(12(7-10)19(23)24)17-13(20)9-25-15(22)8-18-6-2-1-3-14(18)21/h1-7H,8-9H2,(H,17,20). The van der Waals surface area contributed by atoms with Gasteiger partial charge in [-0.25, -0.2) is 0 Å². The molecule has 0 bridgehead atoms. The summed E-state index contributed by atoms with van der Waals surface area (Å²) >= 11 is 5.68. The van der Waals surface area contributed by atoms with Gasteiger partial charge in [0.2, 0.25) is 0 Å². The van der Waals surface area contributed by atoms with E-state index in [9.17, 15) is 24.5 Å². The molecule has 25 heavy (non-hydrogen) atoms. The highest BCUT2D eigenvalue weighted by atomic mass is 35.5. The quantitative estimate of drug-likeness (QED) is 0.471. The van der Waals surface area contributed by atoms with Gasteiger partial charge in [0.1, 0.15) is 12.2 Å². The van der Waals surface area contributed by atoms with Gasteiger partial charge in [-0.05, 0) is 18.2 Å². The number of benzene rings is 1. The number of aromatic nitrogens is 1.